The molecule has 0 aromatic rings. The molecule has 0 rings (SSSR count). The summed E-state index contributed by atoms with van der Waals surface area (Å²) in [5.41, 5.74) is 0. The minimum atomic E-state index is -4.07. The van der Waals surface area contributed by atoms with Crippen LogP contribution in [0.1, 0.15) is 0 Å². The minimum Gasteiger partial charge on any atom is -0.286 e. The SMILES string of the molecule is O=C(I)C(CS(=O)(=O)O)NI. The van der Waals surface area contributed by atoms with Crippen molar-refractivity contribution in [1.82, 2.24) is 3.53 Å². The van der Waals surface area contributed by atoms with Crippen molar-refractivity contribution in [3.63, 3.8) is 0 Å². The first-order chi connectivity index (χ1) is 4.87. The largest absolute Gasteiger partial charge is 0.286 e. The molecule has 0 saturated heterocycles. The van der Waals surface area contributed by atoms with Crippen LogP contribution in [0.2, 0.25) is 0 Å². The number of hydrogen-bond donors (Lipinski definition) is 2. The van der Waals surface area contributed by atoms with E-state index < -0.39 is 21.9 Å². The Kier molecular flexibility index (Phi) is 5.33. The molecule has 11 heavy (non-hydrogen) atoms. The molecule has 0 saturated carbocycles. The predicted molar refractivity (Wildman–Crippen MR) is 56.4 cm³/mol. The molecule has 0 spiro atoms. The van der Waals surface area contributed by atoms with Gasteiger partial charge in [-0.05, 0) is 0 Å². The molecule has 8 heteroatoms. The first kappa shape index (κ1) is 12.0. The number of halogens is 2. The summed E-state index contributed by atoms with van der Waals surface area (Å²) in [7, 11) is -4.07. The zero-order chi connectivity index (χ0) is 9.07. The van der Waals surface area contributed by atoms with Gasteiger partial charge in [-0.15, -0.1) is 0 Å². The van der Waals surface area contributed by atoms with Gasteiger partial charge < -0.3 is 0 Å². The van der Waals surface area contributed by atoms with E-state index in [0.29, 0.717) is 0 Å². The van der Waals surface area contributed by atoms with Gasteiger partial charge in [0.1, 0.15) is 6.04 Å². The van der Waals surface area contributed by atoms with Crippen LogP contribution in [0.4, 0.5) is 0 Å². The summed E-state index contributed by atoms with van der Waals surface area (Å²) in [5.74, 6) is -0.586. The third kappa shape index (κ3) is 6.19. The van der Waals surface area contributed by atoms with E-state index in [1.54, 1.807) is 22.9 Å². The standard InChI is InChI=1S/C3H5I2NO4S/c4-3(7)2(6-5)1-11(8,9)10/h2,6H,1H2,(H,8,9,10). The van der Waals surface area contributed by atoms with E-state index in [4.69, 9.17) is 4.55 Å². The van der Waals surface area contributed by atoms with E-state index in [1.165, 1.54) is 22.6 Å². The van der Waals surface area contributed by atoms with Gasteiger partial charge in [0.25, 0.3) is 10.1 Å². The van der Waals surface area contributed by atoms with Crippen molar-refractivity contribution in [2.45, 2.75) is 6.04 Å². The van der Waals surface area contributed by atoms with Crippen LogP contribution < -0.4 is 3.53 Å². The number of carbonyl (C=O) groups is 1. The van der Waals surface area contributed by atoms with Crippen LogP contribution in [-0.4, -0.2) is 28.6 Å². The second-order valence-electron chi connectivity index (χ2n) is 1.71. The quantitative estimate of drug-likeness (QED) is 0.301. The molecular formula is C3H5I2NO4S. The van der Waals surface area contributed by atoms with E-state index in [-0.39, 0.29) is 3.79 Å². The van der Waals surface area contributed by atoms with Gasteiger partial charge in [0, 0.05) is 45.5 Å². The zero-order valence-corrected chi connectivity index (χ0v) is 10.3. The third-order valence-corrected chi connectivity index (χ3v) is 3.04. The monoisotopic (exact) mass is 405 g/mol. The van der Waals surface area contributed by atoms with Crippen molar-refractivity contribution in [2.75, 3.05) is 5.75 Å². The molecule has 66 valence electrons. The topological polar surface area (TPSA) is 83.5 Å². The average molecular weight is 405 g/mol. The van der Waals surface area contributed by atoms with Gasteiger partial charge in [-0.3, -0.25) is 9.35 Å². The molecule has 1 unspecified atom stereocenters. The lowest BCUT2D eigenvalue weighted by atomic mass is 10.4. The number of nitrogens with one attached hydrogen (secondary N) is 1. The highest BCUT2D eigenvalue weighted by Crippen LogP contribution is 2.00. The Balaban J connectivity index is 4.22. The van der Waals surface area contributed by atoms with Crippen LogP contribution in [0.3, 0.4) is 0 Å². The van der Waals surface area contributed by atoms with Crippen LogP contribution in [0, 0.1) is 0 Å². The third-order valence-electron chi connectivity index (χ3n) is 0.783. The molecule has 0 aliphatic rings. The van der Waals surface area contributed by atoms with E-state index in [0.717, 1.165) is 0 Å². The molecular weight excluding hydrogens is 400 g/mol. The Morgan fingerprint density at radius 1 is 1.64 bits per heavy atom. The van der Waals surface area contributed by atoms with E-state index in [9.17, 15) is 13.2 Å². The molecule has 0 aliphatic carbocycles. The van der Waals surface area contributed by atoms with Crippen molar-refractivity contribution in [2.24, 2.45) is 0 Å². The molecule has 0 aliphatic heterocycles. The number of hydrogen-bond acceptors (Lipinski definition) is 4. The second-order valence-corrected chi connectivity index (χ2v) is 4.90. The van der Waals surface area contributed by atoms with Gasteiger partial charge in [0.15, 0.2) is 0 Å². The molecule has 0 aromatic heterocycles. The lowest BCUT2D eigenvalue weighted by Gasteiger charge is -2.06. The summed E-state index contributed by atoms with van der Waals surface area (Å²) in [4.78, 5) is 10.6. The fourth-order valence-corrected chi connectivity index (χ4v) is 3.08. The van der Waals surface area contributed by atoms with Crippen molar-refractivity contribution in [3.05, 3.63) is 0 Å². The van der Waals surface area contributed by atoms with Crippen molar-refractivity contribution >= 4 is 59.4 Å². The highest BCUT2D eigenvalue weighted by atomic mass is 127. The summed E-state index contributed by atoms with van der Waals surface area (Å²) in [6, 6.07) is -0.841. The Morgan fingerprint density at radius 2 is 2.09 bits per heavy atom. The summed E-state index contributed by atoms with van der Waals surface area (Å²) in [6.07, 6.45) is 0. The fourth-order valence-electron chi connectivity index (χ4n) is 0.351. The minimum absolute atomic E-state index is 0.352. The maximum absolute atomic E-state index is 10.6. The van der Waals surface area contributed by atoms with Gasteiger partial charge in [-0.2, -0.15) is 8.42 Å². The van der Waals surface area contributed by atoms with Crippen LogP contribution in [0.15, 0.2) is 0 Å². The molecule has 0 bridgehead atoms. The van der Waals surface area contributed by atoms with Gasteiger partial charge in [0.2, 0.25) is 3.79 Å². The molecule has 5 nitrogen and oxygen atoms in total. The average Bonchev–Trinajstić information content (AvgIpc) is 1.80. The molecule has 0 fully saturated rings. The zero-order valence-electron chi connectivity index (χ0n) is 5.12. The summed E-state index contributed by atoms with van der Waals surface area (Å²) < 4.78 is 30.9. The van der Waals surface area contributed by atoms with Gasteiger partial charge in [0.05, 0.1) is 5.75 Å². The molecule has 0 aromatic carbocycles. The molecule has 0 heterocycles. The van der Waals surface area contributed by atoms with E-state index in [1.807, 2.05) is 0 Å². The predicted octanol–water partition coefficient (Wildman–Crippen LogP) is 0.144. The van der Waals surface area contributed by atoms with Crippen LogP contribution in [0.25, 0.3) is 0 Å². The Bertz CT molecular complexity index is 238. The van der Waals surface area contributed by atoms with Gasteiger partial charge >= 0.3 is 0 Å². The summed E-state index contributed by atoms with van der Waals surface area (Å²) in [5, 5.41) is 0. The Hall–Kier alpha value is 1.00. The maximum Gasteiger partial charge on any atom is 0.266 e. The first-order valence-corrected chi connectivity index (χ1v) is 6.14. The summed E-state index contributed by atoms with van der Waals surface area (Å²) in [6.45, 7) is 0. The Morgan fingerprint density at radius 3 is 2.18 bits per heavy atom. The molecule has 0 radical (unpaired) electrons. The van der Waals surface area contributed by atoms with E-state index >= 15 is 0 Å². The lowest BCUT2D eigenvalue weighted by Crippen LogP contribution is -2.34. The van der Waals surface area contributed by atoms with Crippen LogP contribution in [0.5, 0.6) is 0 Å². The van der Waals surface area contributed by atoms with Crippen LogP contribution in [-0.2, 0) is 14.9 Å². The lowest BCUT2D eigenvalue weighted by molar-refractivity contribution is -0.110. The molecule has 1 atom stereocenters. The maximum atomic E-state index is 10.6. The van der Waals surface area contributed by atoms with Crippen molar-refractivity contribution in [1.29, 1.82) is 0 Å². The Labute approximate surface area is 91.7 Å². The van der Waals surface area contributed by atoms with Crippen LogP contribution >= 0.6 is 45.5 Å². The smallest absolute Gasteiger partial charge is 0.266 e. The number of carbonyl (C=O) groups excluding carboxylic acids is 1. The highest BCUT2D eigenvalue weighted by Gasteiger charge is 2.20. The number of rotatable bonds is 4. The second kappa shape index (κ2) is 4.89. The normalized spacial score (nSPS) is 14.5. The molecule has 0 amide bonds. The highest BCUT2D eigenvalue weighted by molar-refractivity contribution is 14.1. The first-order valence-electron chi connectivity index (χ1n) is 2.37. The molecule has 2 N–H and O–H groups in total. The fraction of sp³-hybridized carbons (Fsp3) is 0.667. The van der Waals surface area contributed by atoms with E-state index in [2.05, 4.69) is 3.53 Å². The van der Waals surface area contributed by atoms with Gasteiger partial charge in [-0.25, -0.2) is 3.53 Å². The summed E-state index contributed by atoms with van der Waals surface area (Å²) >= 11 is 3.12. The van der Waals surface area contributed by atoms with Crippen molar-refractivity contribution in [3.8, 4) is 0 Å². The van der Waals surface area contributed by atoms with Crippen molar-refractivity contribution < 1.29 is 17.8 Å². The van der Waals surface area contributed by atoms with Gasteiger partial charge in [-0.1, -0.05) is 0 Å².